The third-order valence-corrected chi connectivity index (χ3v) is 0.974. The smallest absolute Gasteiger partial charge is 0.335 e. The maximum absolute atomic E-state index is 10.8. The molecule has 0 aliphatic heterocycles. The van der Waals surface area contributed by atoms with Gasteiger partial charge in [-0.3, -0.25) is 0 Å². The average Bonchev–Trinajstić information content (AvgIpc) is 1.87. The van der Waals surface area contributed by atoms with E-state index in [4.69, 9.17) is 9.47 Å². The van der Waals surface area contributed by atoms with Crippen molar-refractivity contribution in [2.45, 2.75) is 20.1 Å². The monoisotopic (exact) mass is 157 g/mol. The van der Waals surface area contributed by atoms with Crippen LogP contribution in [0.25, 0.3) is 0 Å². The van der Waals surface area contributed by atoms with Gasteiger partial charge in [0, 0.05) is 5.57 Å². The number of carbonyl (C=O) groups is 1. The fourth-order valence-corrected chi connectivity index (χ4v) is 0.451. The highest BCUT2D eigenvalue weighted by Gasteiger charge is 2.08. The zero-order chi connectivity index (χ0) is 8.85. The van der Waals surface area contributed by atoms with Gasteiger partial charge in [-0.25, -0.2) is 4.79 Å². The Hall–Kier alpha value is -0.830. The van der Waals surface area contributed by atoms with Crippen LogP contribution >= 0.6 is 0 Å². The van der Waals surface area contributed by atoms with Crippen LogP contribution in [0.15, 0.2) is 12.2 Å². The largest absolute Gasteiger partial charge is 0.433 e. The predicted molar refractivity (Wildman–Crippen MR) is 41.7 cm³/mol. The number of rotatable bonds is 4. The minimum atomic E-state index is -0.545. The van der Waals surface area contributed by atoms with Crippen LogP contribution in [0.4, 0.5) is 0 Å². The molecule has 0 spiro atoms. The van der Waals surface area contributed by atoms with Crippen molar-refractivity contribution < 1.29 is 14.3 Å². The van der Waals surface area contributed by atoms with E-state index in [-0.39, 0.29) is 6.61 Å². The molecule has 3 nitrogen and oxygen atoms in total. The van der Waals surface area contributed by atoms with Crippen molar-refractivity contribution in [2.24, 2.45) is 0 Å². The van der Waals surface area contributed by atoms with Gasteiger partial charge in [-0.1, -0.05) is 6.58 Å². The molecule has 1 unspecified atom stereocenters. The fourth-order valence-electron chi connectivity index (χ4n) is 0.451. The molecule has 0 aliphatic rings. The molecule has 11 heavy (non-hydrogen) atoms. The van der Waals surface area contributed by atoms with E-state index >= 15 is 0 Å². The summed E-state index contributed by atoms with van der Waals surface area (Å²) in [4.78, 5) is 10.8. The van der Waals surface area contributed by atoms with Gasteiger partial charge in [-0.05, 0) is 20.8 Å². The maximum atomic E-state index is 10.8. The van der Waals surface area contributed by atoms with Crippen LogP contribution in [-0.2, 0) is 14.3 Å². The Labute approximate surface area is 67.0 Å². The van der Waals surface area contributed by atoms with Crippen LogP contribution in [0, 0.1) is 6.92 Å². The lowest BCUT2D eigenvalue weighted by molar-refractivity contribution is -0.167. The molecular formula is C8H13O3. The van der Waals surface area contributed by atoms with Crippen molar-refractivity contribution in [1.82, 2.24) is 0 Å². The van der Waals surface area contributed by atoms with Crippen LogP contribution in [-0.4, -0.2) is 18.9 Å². The Kier molecular flexibility index (Phi) is 4.54. The van der Waals surface area contributed by atoms with E-state index in [0.29, 0.717) is 5.57 Å². The molecular weight excluding hydrogens is 144 g/mol. The number of carbonyl (C=O) groups excluding carboxylic acids is 1. The lowest BCUT2D eigenvalue weighted by atomic mass is 10.4. The molecule has 0 aliphatic carbocycles. The first kappa shape index (κ1) is 10.2. The van der Waals surface area contributed by atoms with Gasteiger partial charge >= 0.3 is 5.97 Å². The summed E-state index contributed by atoms with van der Waals surface area (Å²) in [6.45, 7) is 10.4. The molecule has 0 aromatic rings. The topological polar surface area (TPSA) is 35.5 Å². The molecule has 0 saturated heterocycles. The first-order valence-corrected chi connectivity index (χ1v) is 3.35. The van der Waals surface area contributed by atoms with Crippen LogP contribution in [0.1, 0.15) is 13.8 Å². The quantitative estimate of drug-likeness (QED) is 0.350. The average molecular weight is 157 g/mol. The second-order valence-corrected chi connectivity index (χ2v) is 2.12. The summed E-state index contributed by atoms with van der Waals surface area (Å²) in [5.74, 6) is -0.439. The van der Waals surface area contributed by atoms with Crippen molar-refractivity contribution in [3.05, 3.63) is 19.1 Å². The van der Waals surface area contributed by atoms with Gasteiger partial charge < -0.3 is 9.47 Å². The number of ether oxygens (including phenoxy) is 2. The van der Waals surface area contributed by atoms with Gasteiger partial charge in [0.1, 0.15) is 0 Å². The first-order chi connectivity index (χ1) is 5.07. The van der Waals surface area contributed by atoms with E-state index in [0.717, 1.165) is 0 Å². The zero-order valence-electron chi connectivity index (χ0n) is 6.92. The molecule has 0 N–H and O–H groups in total. The van der Waals surface area contributed by atoms with Crippen molar-refractivity contribution in [2.75, 3.05) is 6.61 Å². The highest BCUT2D eigenvalue weighted by molar-refractivity contribution is 5.86. The van der Waals surface area contributed by atoms with Gasteiger partial charge in [-0.2, -0.15) is 0 Å². The standard InChI is InChI=1S/C8H13O3/c1-5-10-7(4)11-8(9)6(2)3/h7H,1-2,5H2,3-4H3. The highest BCUT2D eigenvalue weighted by Crippen LogP contribution is 1.98. The highest BCUT2D eigenvalue weighted by atomic mass is 16.7. The molecule has 0 aromatic heterocycles. The van der Waals surface area contributed by atoms with Crippen LogP contribution in [0.5, 0.6) is 0 Å². The van der Waals surface area contributed by atoms with E-state index in [2.05, 4.69) is 13.5 Å². The molecule has 1 atom stereocenters. The van der Waals surface area contributed by atoms with Crippen molar-refractivity contribution in [1.29, 1.82) is 0 Å². The lowest BCUT2D eigenvalue weighted by Crippen LogP contribution is -2.18. The Balaban J connectivity index is 3.66. The van der Waals surface area contributed by atoms with E-state index in [1.807, 2.05) is 0 Å². The summed E-state index contributed by atoms with van der Waals surface area (Å²) >= 11 is 0. The van der Waals surface area contributed by atoms with Gasteiger partial charge in [0.05, 0.1) is 6.61 Å². The van der Waals surface area contributed by atoms with Gasteiger partial charge in [-0.15, -0.1) is 0 Å². The van der Waals surface area contributed by atoms with E-state index in [9.17, 15) is 4.79 Å². The summed E-state index contributed by atoms with van der Waals surface area (Å²) in [7, 11) is 0. The number of hydrogen-bond acceptors (Lipinski definition) is 3. The zero-order valence-corrected chi connectivity index (χ0v) is 6.92. The first-order valence-electron chi connectivity index (χ1n) is 3.35. The number of esters is 1. The van der Waals surface area contributed by atoms with E-state index < -0.39 is 12.3 Å². The minimum Gasteiger partial charge on any atom is -0.433 e. The molecule has 0 bridgehead atoms. The third kappa shape index (κ3) is 4.56. The second-order valence-electron chi connectivity index (χ2n) is 2.12. The van der Waals surface area contributed by atoms with E-state index in [1.165, 1.54) is 0 Å². The number of hydrogen-bond donors (Lipinski definition) is 0. The van der Waals surface area contributed by atoms with Crippen LogP contribution in [0.2, 0.25) is 0 Å². The molecule has 0 fully saturated rings. The lowest BCUT2D eigenvalue weighted by Gasteiger charge is -2.11. The maximum Gasteiger partial charge on any atom is 0.335 e. The summed E-state index contributed by atoms with van der Waals surface area (Å²) in [5.41, 5.74) is 0.365. The summed E-state index contributed by atoms with van der Waals surface area (Å²) in [6, 6.07) is 0. The minimum absolute atomic E-state index is 0.282. The van der Waals surface area contributed by atoms with Gasteiger partial charge in [0.15, 0.2) is 6.29 Å². The molecule has 0 saturated carbocycles. The van der Waals surface area contributed by atoms with Gasteiger partial charge in [0.2, 0.25) is 0 Å². The third-order valence-electron chi connectivity index (χ3n) is 0.974. The summed E-state index contributed by atoms with van der Waals surface area (Å²) in [5, 5.41) is 0. The van der Waals surface area contributed by atoms with Crippen molar-refractivity contribution in [3.8, 4) is 0 Å². The molecule has 0 aromatic carbocycles. The molecule has 0 amide bonds. The Morgan fingerprint density at radius 2 is 2.18 bits per heavy atom. The molecule has 0 rings (SSSR count). The summed E-state index contributed by atoms with van der Waals surface area (Å²) in [6.07, 6.45) is -0.545. The molecule has 0 heterocycles. The van der Waals surface area contributed by atoms with E-state index in [1.54, 1.807) is 13.8 Å². The molecule has 63 valence electrons. The summed E-state index contributed by atoms with van der Waals surface area (Å²) < 4.78 is 9.62. The van der Waals surface area contributed by atoms with Crippen LogP contribution in [0.3, 0.4) is 0 Å². The Morgan fingerprint density at radius 3 is 2.55 bits per heavy atom. The second kappa shape index (κ2) is 4.91. The SMILES string of the molecule is [CH2]COC(C)OC(=O)C(=C)C. The fraction of sp³-hybridized carbons (Fsp3) is 0.500. The van der Waals surface area contributed by atoms with Crippen molar-refractivity contribution in [3.63, 3.8) is 0 Å². The molecule has 3 heteroatoms. The molecule has 1 radical (unpaired) electrons. The Bertz CT molecular complexity index is 151. The predicted octanol–water partition coefficient (Wildman–Crippen LogP) is 1.30. The van der Waals surface area contributed by atoms with Crippen LogP contribution < -0.4 is 0 Å². The van der Waals surface area contributed by atoms with Gasteiger partial charge in [0.25, 0.3) is 0 Å². The Morgan fingerprint density at radius 1 is 1.64 bits per heavy atom. The normalized spacial score (nSPS) is 12.3. The van der Waals surface area contributed by atoms with Crippen molar-refractivity contribution >= 4 is 5.97 Å².